The summed E-state index contributed by atoms with van der Waals surface area (Å²) in [5, 5.41) is 4.52. The highest BCUT2D eigenvalue weighted by Gasteiger charge is 2.17. The molecule has 3 nitrogen and oxygen atoms in total. The summed E-state index contributed by atoms with van der Waals surface area (Å²) in [5.74, 6) is 0. The van der Waals surface area contributed by atoms with E-state index < -0.39 is 0 Å². The van der Waals surface area contributed by atoms with E-state index in [0.717, 1.165) is 44.0 Å². The molecule has 0 N–H and O–H groups in total. The first-order valence-corrected chi connectivity index (χ1v) is 10.8. The third kappa shape index (κ3) is 6.79. The van der Waals surface area contributed by atoms with Crippen molar-refractivity contribution in [2.24, 2.45) is 5.16 Å². The fraction of sp³-hybridized carbons (Fsp3) is 0.480. The Hall–Kier alpha value is -2.13. The van der Waals surface area contributed by atoms with Crippen molar-refractivity contribution in [2.45, 2.75) is 57.9 Å². The van der Waals surface area contributed by atoms with Gasteiger partial charge in [-0.25, -0.2) is 0 Å². The van der Waals surface area contributed by atoms with Gasteiger partial charge >= 0.3 is 0 Å². The van der Waals surface area contributed by atoms with Crippen LogP contribution in [0, 0.1) is 0 Å². The Morgan fingerprint density at radius 3 is 2.50 bits per heavy atom. The first-order valence-electron chi connectivity index (χ1n) is 10.8. The first-order chi connectivity index (χ1) is 13.8. The summed E-state index contributed by atoms with van der Waals surface area (Å²) in [7, 11) is 0. The van der Waals surface area contributed by atoms with Crippen molar-refractivity contribution in [2.75, 3.05) is 19.7 Å². The highest BCUT2D eigenvalue weighted by molar-refractivity contribution is 6.00. The van der Waals surface area contributed by atoms with Gasteiger partial charge in [-0.2, -0.15) is 0 Å². The predicted octanol–water partition coefficient (Wildman–Crippen LogP) is 5.69. The Labute approximate surface area is 170 Å². The van der Waals surface area contributed by atoms with Crippen LogP contribution < -0.4 is 0 Å². The summed E-state index contributed by atoms with van der Waals surface area (Å²) in [6.45, 7) is 5.39. The SMILES string of the molecule is CC1CCCCN1CCCO/N=C(\CCCc1ccccc1)c1ccccc1. The molecular formula is C25H34N2O. The number of hydrogen-bond acceptors (Lipinski definition) is 3. The Bertz CT molecular complexity index is 699. The van der Waals surface area contributed by atoms with Crippen LogP contribution in [0.1, 0.15) is 56.6 Å². The lowest BCUT2D eigenvalue weighted by Crippen LogP contribution is -2.38. The second-order valence-electron chi connectivity index (χ2n) is 7.81. The third-order valence-electron chi connectivity index (χ3n) is 5.63. The fourth-order valence-electron chi connectivity index (χ4n) is 3.92. The molecule has 3 heteroatoms. The molecule has 0 saturated carbocycles. The summed E-state index contributed by atoms with van der Waals surface area (Å²) in [6, 6.07) is 21.8. The summed E-state index contributed by atoms with van der Waals surface area (Å²) in [6.07, 6.45) is 8.16. The number of nitrogens with zero attached hydrogens (tertiary/aromatic N) is 2. The van der Waals surface area contributed by atoms with E-state index in [0.29, 0.717) is 6.61 Å². The fourth-order valence-corrected chi connectivity index (χ4v) is 3.92. The summed E-state index contributed by atoms with van der Waals surface area (Å²) >= 11 is 0. The van der Waals surface area contributed by atoms with Crippen LogP contribution in [0.4, 0.5) is 0 Å². The van der Waals surface area contributed by atoms with Gasteiger partial charge in [0.25, 0.3) is 0 Å². The van der Waals surface area contributed by atoms with Crippen molar-refractivity contribution in [1.82, 2.24) is 4.90 Å². The molecule has 0 radical (unpaired) electrons. The molecule has 0 spiro atoms. The van der Waals surface area contributed by atoms with E-state index in [-0.39, 0.29) is 0 Å². The largest absolute Gasteiger partial charge is 0.396 e. The number of likely N-dealkylation sites (tertiary alicyclic amines) is 1. The Morgan fingerprint density at radius 2 is 1.75 bits per heavy atom. The lowest BCUT2D eigenvalue weighted by Gasteiger charge is -2.33. The quantitative estimate of drug-likeness (QED) is 0.301. The number of hydrogen-bond donors (Lipinski definition) is 0. The minimum absolute atomic E-state index is 0.693. The van der Waals surface area contributed by atoms with E-state index in [1.165, 1.54) is 36.9 Å². The van der Waals surface area contributed by atoms with Gasteiger partial charge in [0.05, 0.1) is 5.71 Å². The van der Waals surface area contributed by atoms with Crippen molar-refractivity contribution >= 4 is 5.71 Å². The summed E-state index contributed by atoms with van der Waals surface area (Å²) < 4.78 is 0. The molecule has 2 aromatic rings. The Kier molecular flexibility index (Phi) is 8.57. The first kappa shape index (κ1) is 20.6. The van der Waals surface area contributed by atoms with Gasteiger partial charge < -0.3 is 9.74 Å². The van der Waals surface area contributed by atoms with Gasteiger partial charge in [0.15, 0.2) is 0 Å². The molecule has 0 amide bonds. The molecule has 0 bridgehead atoms. The lowest BCUT2D eigenvalue weighted by molar-refractivity contribution is 0.108. The van der Waals surface area contributed by atoms with Crippen LogP contribution in [0.3, 0.4) is 0 Å². The molecule has 3 rings (SSSR count). The smallest absolute Gasteiger partial charge is 0.118 e. The maximum Gasteiger partial charge on any atom is 0.118 e. The van der Waals surface area contributed by atoms with Crippen molar-refractivity contribution in [1.29, 1.82) is 0 Å². The van der Waals surface area contributed by atoms with Gasteiger partial charge in [-0.1, -0.05) is 72.2 Å². The normalized spacial score (nSPS) is 18.2. The number of piperidine rings is 1. The zero-order valence-electron chi connectivity index (χ0n) is 17.2. The molecule has 0 aliphatic carbocycles. The average molecular weight is 379 g/mol. The van der Waals surface area contributed by atoms with Gasteiger partial charge in [0.2, 0.25) is 0 Å². The zero-order valence-corrected chi connectivity index (χ0v) is 17.2. The van der Waals surface area contributed by atoms with E-state index >= 15 is 0 Å². The maximum absolute atomic E-state index is 5.74. The molecule has 1 heterocycles. The molecular weight excluding hydrogens is 344 g/mol. The van der Waals surface area contributed by atoms with E-state index in [9.17, 15) is 0 Å². The van der Waals surface area contributed by atoms with Gasteiger partial charge in [0, 0.05) is 12.6 Å². The second kappa shape index (κ2) is 11.7. The Balaban J connectivity index is 1.47. The highest BCUT2D eigenvalue weighted by atomic mass is 16.6. The van der Waals surface area contributed by atoms with Crippen LogP contribution in [0.5, 0.6) is 0 Å². The molecule has 0 aromatic heterocycles. The number of aryl methyl sites for hydroxylation is 1. The van der Waals surface area contributed by atoms with Gasteiger partial charge in [-0.05, 0) is 63.1 Å². The van der Waals surface area contributed by atoms with E-state index in [1.807, 2.05) is 6.07 Å². The zero-order chi connectivity index (χ0) is 19.4. The summed E-state index contributed by atoms with van der Waals surface area (Å²) in [5.41, 5.74) is 3.61. The number of oxime groups is 1. The molecule has 2 aromatic carbocycles. The van der Waals surface area contributed by atoms with Crippen LogP contribution in [0.2, 0.25) is 0 Å². The standard InChI is InChI=1S/C25H34N2O/c1-22-12-8-9-19-27(22)20-11-21-28-26-25(24-16-6-3-7-17-24)18-10-15-23-13-4-2-5-14-23/h2-7,13-14,16-17,22H,8-12,15,18-21H2,1H3/b26-25+. The van der Waals surface area contributed by atoms with E-state index in [4.69, 9.17) is 4.84 Å². The van der Waals surface area contributed by atoms with Crippen LogP contribution in [0.15, 0.2) is 65.8 Å². The topological polar surface area (TPSA) is 24.8 Å². The highest BCUT2D eigenvalue weighted by Crippen LogP contribution is 2.16. The van der Waals surface area contributed by atoms with Crippen LogP contribution in [-0.4, -0.2) is 36.3 Å². The Morgan fingerprint density at radius 1 is 1.00 bits per heavy atom. The second-order valence-corrected chi connectivity index (χ2v) is 7.81. The van der Waals surface area contributed by atoms with E-state index in [2.05, 4.69) is 71.6 Å². The monoisotopic (exact) mass is 378 g/mol. The molecule has 1 saturated heterocycles. The van der Waals surface area contributed by atoms with Crippen LogP contribution in [-0.2, 0) is 11.3 Å². The van der Waals surface area contributed by atoms with Gasteiger partial charge in [0.1, 0.15) is 6.61 Å². The van der Waals surface area contributed by atoms with Crippen molar-refractivity contribution in [3.05, 3.63) is 71.8 Å². The van der Waals surface area contributed by atoms with Crippen molar-refractivity contribution in [3.8, 4) is 0 Å². The molecule has 1 aliphatic heterocycles. The lowest BCUT2D eigenvalue weighted by atomic mass is 10.0. The molecule has 1 aliphatic rings. The van der Waals surface area contributed by atoms with Crippen LogP contribution >= 0.6 is 0 Å². The van der Waals surface area contributed by atoms with Crippen LogP contribution in [0.25, 0.3) is 0 Å². The maximum atomic E-state index is 5.74. The minimum Gasteiger partial charge on any atom is -0.396 e. The summed E-state index contributed by atoms with van der Waals surface area (Å²) in [4.78, 5) is 8.33. The molecule has 1 atom stereocenters. The minimum atomic E-state index is 0.693. The van der Waals surface area contributed by atoms with E-state index in [1.54, 1.807) is 0 Å². The average Bonchev–Trinajstić information content (AvgIpc) is 2.75. The molecule has 1 fully saturated rings. The van der Waals surface area contributed by atoms with Gasteiger partial charge in [-0.3, -0.25) is 0 Å². The predicted molar refractivity (Wildman–Crippen MR) is 118 cm³/mol. The third-order valence-corrected chi connectivity index (χ3v) is 5.63. The number of rotatable bonds is 10. The van der Waals surface area contributed by atoms with Crippen molar-refractivity contribution in [3.63, 3.8) is 0 Å². The van der Waals surface area contributed by atoms with Gasteiger partial charge in [-0.15, -0.1) is 0 Å². The molecule has 1 unspecified atom stereocenters. The van der Waals surface area contributed by atoms with Crippen molar-refractivity contribution < 1.29 is 4.84 Å². The number of benzene rings is 2. The molecule has 150 valence electrons. The molecule has 28 heavy (non-hydrogen) atoms.